The number of nitrogens with two attached hydrogens (primary N) is 1. The molecule has 0 saturated carbocycles. The van der Waals surface area contributed by atoms with Gasteiger partial charge in [0.2, 0.25) is 0 Å². The SMILES string of the molecule is CC(C)(C)[Si](C)(C)OC(CF)COc1cc(-c2ccc3ccccc3n2)ccc1N. The zero-order valence-corrected chi connectivity index (χ0v) is 19.4. The first-order valence-electron chi connectivity index (χ1n) is 10.2. The first-order chi connectivity index (χ1) is 14.1. The summed E-state index contributed by atoms with van der Waals surface area (Å²) in [7, 11) is -2.09. The average Bonchev–Trinajstić information content (AvgIpc) is 2.70. The Bertz CT molecular complexity index is 1020. The topological polar surface area (TPSA) is 57.4 Å². The van der Waals surface area contributed by atoms with Crippen molar-refractivity contribution in [1.82, 2.24) is 4.98 Å². The summed E-state index contributed by atoms with van der Waals surface area (Å²) in [4.78, 5) is 4.73. The number of hydrogen-bond acceptors (Lipinski definition) is 4. The van der Waals surface area contributed by atoms with E-state index in [0.29, 0.717) is 11.4 Å². The standard InChI is InChI=1S/C24H31FN2O2Si/c1-24(2,3)30(4,5)29-19(15-25)16-28-23-14-18(10-12-20(23)26)22-13-11-17-8-6-7-9-21(17)27-22/h6-14,19H,15-16,26H2,1-5H3. The Balaban J connectivity index is 1.78. The zero-order valence-electron chi connectivity index (χ0n) is 18.4. The van der Waals surface area contributed by atoms with Crippen LogP contribution in [0.1, 0.15) is 20.8 Å². The number of hydrogen-bond donors (Lipinski definition) is 1. The van der Waals surface area contributed by atoms with E-state index in [-0.39, 0.29) is 11.6 Å². The number of nitrogen functional groups attached to an aromatic ring is 1. The van der Waals surface area contributed by atoms with Crippen LogP contribution in [-0.2, 0) is 4.43 Å². The molecule has 0 amide bonds. The molecular weight excluding hydrogens is 395 g/mol. The molecule has 4 nitrogen and oxygen atoms in total. The quantitative estimate of drug-likeness (QED) is 0.360. The summed E-state index contributed by atoms with van der Waals surface area (Å²) in [6.45, 7) is 10.1. The summed E-state index contributed by atoms with van der Waals surface area (Å²) < 4.78 is 25.7. The molecule has 0 spiro atoms. The van der Waals surface area contributed by atoms with Crippen molar-refractivity contribution in [3.63, 3.8) is 0 Å². The minimum absolute atomic E-state index is 0.00111. The van der Waals surface area contributed by atoms with Crippen molar-refractivity contribution in [2.45, 2.75) is 45.0 Å². The number of alkyl halides is 1. The Hall–Kier alpha value is -2.44. The lowest BCUT2D eigenvalue weighted by Gasteiger charge is -2.38. The van der Waals surface area contributed by atoms with E-state index in [1.807, 2.05) is 48.5 Å². The molecule has 1 aromatic heterocycles. The first kappa shape index (κ1) is 22.2. The van der Waals surface area contributed by atoms with E-state index in [2.05, 4.69) is 33.9 Å². The molecule has 30 heavy (non-hydrogen) atoms. The lowest BCUT2D eigenvalue weighted by molar-refractivity contribution is 0.0923. The fourth-order valence-corrected chi connectivity index (χ4v) is 4.25. The van der Waals surface area contributed by atoms with Crippen LogP contribution in [0.2, 0.25) is 18.1 Å². The van der Waals surface area contributed by atoms with Crippen LogP contribution in [0.25, 0.3) is 22.2 Å². The van der Waals surface area contributed by atoms with Gasteiger partial charge in [0.05, 0.1) is 16.9 Å². The molecule has 2 aromatic carbocycles. The molecule has 0 radical (unpaired) electrons. The van der Waals surface area contributed by atoms with Gasteiger partial charge in [-0.1, -0.05) is 51.1 Å². The number of ether oxygens (including phenoxy) is 1. The minimum atomic E-state index is -2.09. The highest BCUT2D eigenvalue weighted by Gasteiger charge is 2.39. The number of nitrogens with zero attached hydrogens (tertiary/aromatic N) is 1. The van der Waals surface area contributed by atoms with Gasteiger partial charge in [-0.2, -0.15) is 0 Å². The van der Waals surface area contributed by atoms with Gasteiger partial charge in [0, 0.05) is 10.9 Å². The summed E-state index contributed by atoms with van der Waals surface area (Å²) >= 11 is 0. The number of rotatable bonds is 7. The van der Waals surface area contributed by atoms with E-state index < -0.39 is 21.1 Å². The summed E-state index contributed by atoms with van der Waals surface area (Å²) in [5.41, 5.74) is 9.27. The van der Waals surface area contributed by atoms with Crippen LogP contribution in [0.3, 0.4) is 0 Å². The van der Waals surface area contributed by atoms with Gasteiger partial charge in [-0.15, -0.1) is 0 Å². The smallest absolute Gasteiger partial charge is 0.192 e. The van der Waals surface area contributed by atoms with E-state index in [1.165, 1.54) is 0 Å². The van der Waals surface area contributed by atoms with Crippen molar-refractivity contribution in [2.75, 3.05) is 19.0 Å². The number of fused-ring (bicyclic) bond motifs is 1. The molecule has 1 atom stereocenters. The van der Waals surface area contributed by atoms with E-state index in [1.54, 1.807) is 6.07 Å². The third-order valence-electron chi connectivity index (χ3n) is 5.77. The molecule has 3 rings (SSSR count). The predicted molar refractivity (Wildman–Crippen MR) is 125 cm³/mol. The predicted octanol–water partition coefficient (Wildman–Crippen LogP) is 6.22. The number of para-hydroxylation sites is 1. The maximum Gasteiger partial charge on any atom is 0.192 e. The van der Waals surface area contributed by atoms with Gasteiger partial charge in [-0.05, 0) is 42.4 Å². The molecule has 0 saturated heterocycles. The van der Waals surface area contributed by atoms with Crippen molar-refractivity contribution in [3.05, 3.63) is 54.6 Å². The maximum absolute atomic E-state index is 13.6. The molecule has 0 bridgehead atoms. The van der Waals surface area contributed by atoms with E-state index in [9.17, 15) is 4.39 Å². The van der Waals surface area contributed by atoms with Crippen molar-refractivity contribution < 1.29 is 13.6 Å². The summed E-state index contributed by atoms with van der Waals surface area (Å²) in [5.74, 6) is 0.514. The van der Waals surface area contributed by atoms with Crippen LogP contribution < -0.4 is 10.5 Å². The highest BCUT2D eigenvalue weighted by Crippen LogP contribution is 2.37. The Labute approximate surface area is 179 Å². The van der Waals surface area contributed by atoms with Gasteiger partial charge in [0.15, 0.2) is 8.32 Å². The van der Waals surface area contributed by atoms with Gasteiger partial charge in [-0.3, -0.25) is 0 Å². The summed E-state index contributed by atoms with van der Waals surface area (Å²) in [6, 6.07) is 17.6. The molecule has 0 aliphatic carbocycles. The Morgan fingerprint density at radius 1 is 1.07 bits per heavy atom. The summed E-state index contributed by atoms with van der Waals surface area (Å²) in [6.07, 6.45) is -0.618. The minimum Gasteiger partial charge on any atom is -0.489 e. The van der Waals surface area contributed by atoms with E-state index in [4.69, 9.17) is 19.9 Å². The Morgan fingerprint density at radius 2 is 1.80 bits per heavy atom. The normalized spacial score (nSPS) is 13.4. The average molecular weight is 427 g/mol. The van der Waals surface area contributed by atoms with Gasteiger partial charge in [0.25, 0.3) is 0 Å². The second kappa shape index (κ2) is 8.74. The number of pyridine rings is 1. The monoisotopic (exact) mass is 426 g/mol. The molecule has 0 aliphatic heterocycles. The molecule has 2 N–H and O–H groups in total. The second-order valence-corrected chi connectivity index (χ2v) is 13.9. The van der Waals surface area contributed by atoms with Crippen LogP contribution in [0.15, 0.2) is 54.6 Å². The highest BCUT2D eigenvalue weighted by atomic mass is 28.4. The molecule has 3 aromatic rings. The molecule has 1 heterocycles. The molecule has 1 unspecified atom stereocenters. The molecule has 6 heteroatoms. The van der Waals surface area contributed by atoms with Gasteiger partial charge >= 0.3 is 0 Å². The summed E-state index contributed by atoms with van der Waals surface area (Å²) in [5, 5.41) is 1.09. The number of benzene rings is 2. The first-order valence-corrected chi connectivity index (χ1v) is 13.1. The van der Waals surface area contributed by atoms with Gasteiger partial charge in [0.1, 0.15) is 25.1 Å². The van der Waals surface area contributed by atoms with E-state index in [0.717, 1.165) is 22.2 Å². The molecule has 0 fully saturated rings. The Kier molecular flexibility index (Phi) is 6.48. The fourth-order valence-electron chi connectivity index (χ4n) is 2.93. The van der Waals surface area contributed by atoms with Crippen LogP contribution in [-0.4, -0.2) is 32.7 Å². The third kappa shape index (κ3) is 4.99. The maximum atomic E-state index is 13.6. The second-order valence-electron chi connectivity index (χ2n) is 9.11. The number of halogens is 1. The molecular formula is C24H31FN2O2Si. The largest absolute Gasteiger partial charge is 0.489 e. The Morgan fingerprint density at radius 3 is 2.50 bits per heavy atom. The van der Waals surface area contributed by atoms with Gasteiger partial charge < -0.3 is 14.9 Å². The van der Waals surface area contributed by atoms with Crippen LogP contribution in [0.5, 0.6) is 5.75 Å². The van der Waals surface area contributed by atoms with Crippen molar-refractivity contribution in [1.29, 1.82) is 0 Å². The lowest BCUT2D eigenvalue weighted by atomic mass is 10.1. The van der Waals surface area contributed by atoms with Crippen molar-refractivity contribution in [2.24, 2.45) is 0 Å². The molecule has 0 aliphatic rings. The van der Waals surface area contributed by atoms with Crippen LogP contribution in [0, 0.1) is 0 Å². The molecule has 160 valence electrons. The zero-order chi connectivity index (χ0) is 21.9. The van der Waals surface area contributed by atoms with Crippen LogP contribution >= 0.6 is 0 Å². The van der Waals surface area contributed by atoms with Gasteiger partial charge in [-0.25, -0.2) is 9.37 Å². The van der Waals surface area contributed by atoms with E-state index >= 15 is 0 Å². The number of aromatic nitrogens is 1. The van der Waals surface area contributed by atoms with Crippen LogP contribution in [0.4, 0.5) is 10.1 Å². The van der Waals surface area contributed by atoms with Crippen molar-refractivity contribution >= 4 is 24.9 Å². The number of anilines is 1. The van der Waals surface area contributed by atoms with Crippen molar-refractivity contribution in [3.8, 4) is 17.0 Å². The highest BCUT2D eigenvalue weighted by molar-refractivity contribution is 6.74. The fraction of sp³-hybridized carbons (Fsp3) is 0.375. The third-order valence-corrected chi connectivity index (χ3v) is 10.3. The lowest BCUT2D eigenvalue weighted by Crippen LogP contribution is -2.46.